The molecule has 0 amide bonds. The smallest absolute Gasteiger partial charge is 0.221 e. The molecule has 0 saturated heterocycles. The average molecular weight is 338 g/mol. The van der Waals surface area contributed by atoms with Gasteiger partial charge < -0.3 is 19.7 Å². The predicted octanol–water partition coefficient (Wildman–Crippen LogP) is 1.96. The number of benzene rings is 2. The van der Waals surface area contributed by atoms with Crippen molar-refractivity contribution in [3.05, 3.63) is 48.5 Å². The molecule has 7 heteroatoms. The van der Waals surface area contributed by atoms with Crippen LogP contribution in [-0.4, -0.2) is 38.1 Å². The van der Waals surface area contributed by atoms with E-state index >= 15 is 0 Å². The highest BCUT2D eigenvalue weighted by Crippen LogP contribution is 2.29. The fourth-order valence-corrected chi connectivity index (χ4v) is 3.27. The van der Waals surface area contributed by atoms with Crippen LogP contribution in [0.1, 0.15) is 6.92 Å². The summed E-state index contributed by atoms with van der Waals surface area (Å²) in [5.74, 6) is 0.00778. The van der Waals surface area contributed by atoms with Gasteiger partial charge in [-0.3, -0.25) is 0 Å². The number of aliphatic hydroxyl groups is 1. The maximum atomic E-state index is 12.5. The molecule has 23 heavy (non-hydrogen) atoms. The second-order valence-corrected chi connectivity index (χ2v) is 6.59. The van der Waals surface area contributed by atoms with Crippen molar-refractivity contribution in [1.29, 1.82) is 0 Å². The minimum Gasteiger partial charge on any atom is -0.507 e. The molecule has 0 bridgehead atoms. The molecule has 0 aliphatic rings. The fraction of sp³-hybridized carbons (Fsp3) is 0.250. The Bertz CT molecular complexity index is 739. The van der Waals surface area contributed by atoms with Crippen molar-refractivity contribution >= 4 is 9.84 Å². The van der Waals surface area contributed by atoms with Gasteiger partial charge in [0.05, 0.1) is 4.90 Å². The largest absolute Gasteiger partial charge is 0.507 e. The van der Waals surface area contributed by atoms with Crippen molar-refractivity contribution in [2.45, 2.75) is 23.0 Å². The minimum absolute atomic E-state index is 0.0191. The Morgan fingerprint density at radius 1 is 1.09 bits per heavy atom. The lowest BCUT2D eigenvalue weighted by atomic mass is 10.3. The number of ether oxygens (including phenoxy) is 2. The third-order valence-electron chi connectivity index (χ3n) is 3.03. The molecular formula is C16H18O6S. The highest BCUT2D eigenvalue weighted by atomic mass is 32.2. The Labute approximate surface area is 134 Å². The Morgan fingerprint density at radius 3 is 2.35 bits per heavy atom. The van der Waals surface area contributed by atoms with Gasteiger partial charge in [0.25, 0.3) is 0 Å². The number of hydrogen-bond donors (Lipinski definition) is 2. The lowest BCUT2D eigenvalue weighted by Crippen LogP contribution is -2.22. The van der Waals surface area contributed by atoms with E-state index in [4.69, 9.17) is 9.47 Å². The Kier molecular flexibility index (Phi) is 5.59. The number of para-hydroxylation sites is 1. The summed E-state index contributed by atoms with van der Waals surface area (Å²) in [5.41, 5.74) is 0. The highest BCUT2D eigenvalue weighted by Gasteiger charge is 2.21. The molecule has 124 valence electrons. The second-order valence-electron chi connectivity index (χ2n) is 4.67. The van der Waals surface area contributed by atoms with Gasteiger partial charge in [0.1, 0.15) is 23.0 Å². The van der Waals surface area contributed by atoms with Crippen LogP contribution in [0, 0.1) is 0 Å². The Hall–Kier alpha value is -2.09. The number of hydrogen-bond acceptors (Lipinski definition) is 6. The Morgan fingerprint density at radius 2 is 1.74 bits per heavy atom. The first kappa shape index (κ1) is 17.3. The van der Waals surface area contributed by atoms with Crippen molar-refractivity contribution in [3.8, 4) is 11.5 Å². The Balaban J connectivity index is 2.18. The van der Waals surface area contributed by atoms with E-state index < -0.39 is 16.1 Å². The molecule has 0 heterocycles. The summed E-state index contributed by atoms with van der Waals surface area (Å²) < 4.78 is 35.1. The molecule has 0 aliphatic carbocycles. The first-order chi connectivity index (χ1) is 10.9. The summed E-state index contributed by atoms with van der Waals surface area (Å²) in [5, 5.41) is 19.3. The summed E-state index contributed by atoms with van der Waals surface area (Å²) in [6.07, 6.45) is -1.13. The third-order valence-corrected chi connectivity index (χ3v) is 4.84. The van der Waals surface area contributed by atoms with Crippen LogP contribution in [0.15, 0.2) is 58.3 Å². The standard InChI is InChI=1S/C16H18O6S/c1-2-21-11-16(18)22-12-7-9-13(10-8-12)23(19,20)15-6-4-3-5-14(15)17/h3-10,16-18H,2,11H2,1H3. The molecule has 2 aromatic rings. The summed E-state index contributed by atoms with van der Waals surface area (Å²) in [4.78, 5) is -0.143. The van der Waals surface area contributed by atoms with Gasteiger partial charge in [-0.1, -0.05) is 12.1 Å². The molecule has 0 fully saturated rings. The van der Waals surface area contributed by atoms with E-state index in [0.717, 1.165) is 0 Å². The first-order valence-electron chi connectivity index (χ1n) is 7.00. The number of sulfone groups is 1. The minimum atomic E-state index is -3.82. The van der Waals surface area contributed by atoms with Crippen molar-refractivity contribution in [3.63, 3.8) is 0 Å². The molecular weight excluding hydrogens is 320 g/mol. The topological polar surface area (TPSA) is 93.1 Å². The SMILES string of the molecule is CCOCC(O)Oc1ccc(S(=O)(=O)c2ccccc2O)cc1. The second kappa shape index (κ2) is 7.45. The van der Waals surface area contributed by atoms with E-state index in [1.54, 1.807) is 13.0 Å². The van der Waals surface area contributed by atoms with Crippen molar-refractivity contribution in [2.24, 2.45) is 0 Å². The van der Waals surface area contributed by atoms with Gasteiger partial charge in [-0.15, -0.1) is 0 Å². The average Bonchev–Trinajstić information content (AvgIpc) is 2.53. The molecule has 0 spiro atoms. The van der Waals surface area contributed by atoms with Gasteiger partial charge in [0.2, 0.25) is 16.1 Å². The van der Waals surface area contributed by atoms with Crippen molar-refractivity contribution < 1.29 is 28.1 Å². The van der Waals surface area contributed by atoms with E-state index in [2.05, 4.69) is 0 Å². The van der Waals surface area contributed by atoms with Crippen molar-refractivity contribution in [1.82, 2.24) is 0 Å². The molecule has 2 aromatic carbocycles. The maximum Gasteiger partial charge on any atom is 0.221 e. The molecule has 0 aliphatic heterocycles. The molecule has 0 aromatic heterocycles. The molecule has 0 saturated carbocycles. The van der Waals surface area contributed by atoms with E-state index in [0.29, 0.717) is 12.4 Å². The third kappa shape index (κ3) is 4.22. The lowest BCUT2D eigenvalue weighted by Gasteiger charge is -2.13. The van der Waals surface area contributed by atoms with Gasteiger partial charge in [-0.25, -0.2) is 8.42 Å². The van der Waals surface area contributed by atoms with Crippen LogP contribution in [-0.2, 0) is 14.6 Å². The number of aromatic hydroxyl groups is 1. The normalized spacial score (nSPS) is 12.8. The van der Waals surface area contributed by atoms with Gasteiger partial charge in [0.15, 0.2) is 0 Å². The van der Waals surface area contributed by atoms with E-state index in [9.17, 15) is 18.6 Å². The first-order valence-corrected chi connectivity index (χ1v) is 8.49. The van der Waals surface area contributed by atoms with Gasteiger partial charge in [-0.2, -0.15) is 0 Å². The summed E-state index contributed by atoms with van der Waals surface area (Å²) in [6.45, 7) is 2.28. The number of aliphatic hydroxyl groups excluding tert-OH is 1. The van der Waals surface area contributed by atoms with E-state index in [-0.39, 0.29) is 22.1 Å². The number of rotatable bonds is 7. The summed E-state index contributed by atoms with van der Waals surface area (Å²) in [6, 6.07) is 11.3. The van der Waals surface area contributed by atoms with Gasteiger partial charge in [-0.05, 0) is 43.3 Å². The zero-order valence-corrected chi connectivity index (χ0v) is 13.4. The van der Waals surface area contributed by atoms with Crippen LogP contribution in [0.2, 0.25) is 0 Å². The fourth-order valence-electron chi connectivity index (χ4n) is 1.92. The van der Waals surface area contributed by atoms with E-state index in [1.807, 2.05) is 0 Å². The molecule has 2 rings (SSSR count). The monoisotopic (exact) mass is 338 g/mol. The quantitative estimate of drug-likeness (QED) is 0.750. The van der Waals surface area contributed by atoms with Gasteiger partial charge in [0, 0.05) is 6.61 Å². The highest BCUT2D eigenvalue weighted by molar-refractivity contribution is 7.91. The van der Waals surface area contributed by atoms with Crippen LogP contribution in [0.4, 0.5) is 0 Å². The van der Waals surface area contributed by atoms with Crippen LogP contribution in [0.5, 0.6) is 11.5 Å². The van der Waals surface area contributed by atoms with Crippen LogP contribution in [0.3, 0.4) is 0 Å². The lowest BCUT2D eigenvalue weighted by molar-refractivity contribution is -0.0749. The van der Waals surface area contributed by atoms with E-state index in [1.165, 1.54) is 42.5 Å². The van der Waals surface area contributed by atoms with Crippen LogP contribution in [0.25, 0.3) is 0 Å². The molecule has 1 atom stereocenters. The summed E-state index contributed by atoms with van der Waals surface area (Å²) >= 11 is 0. The molecule has 2 N–H and O–H groups in total. The summed E-state index contributed by atoms with van der Waals surface area (Å²) in [7, 11) is -3.82. The van der Waals surface area contributed by atoms with Crippen LogP contribution < -0.4 is 4.74 Å². The van der Waals surface area contributed by atoms with Crippen molar-refractivity contribution in [2.75, 3.05) is 13.2 Å². The molecule has 6 nitrogen and oxygen atoms in total. The zero-order valence-electron chi connectivity index (χ0n) is 12.5. The zero-order chi connectivity index (χ0) is 16.9. The predicted molar refractivity (Wildman–Crippen MR) is 83.1 cm³/mol. The van der Waals surface area contributed by atoms with Gasteiger partial charge >= 0.3 is 0 Å². The molecule has 0 radical (unpaired) electrons. The van der Waals surface area contributed by atoms with Crippen LogP contribution >= 0.6 is 0 Å². The molecule has 1 unspecified atom stereocenters. The maximum absolute atomic E-state index is 12.5. The number of phenols is 1. The number of phenolic OH excluding ortho intramolecular Hbond substituents is 1.